The number of ether oxygens (including phenoxy) is 1. The molecule has 0 unspecified atom stereocenters. The van der Waals surface area contributed by atoms with Crippen molar-refractivity contribution < 1.29 is 9.84 Å². The van der Waals surface area contributed by atoms with Crippen LogP contribution in [0.2, 0.25) is 0 Å². The fourth-order valence-electron chi connectivity index (χ4n) is 3.76. The Morgan fingerprint density at radius 2 is 1.86 bits per heavy atom. The molecular formula is C20H25N5O4. The maximum atomic E-state index is 12.3. The van der Waals surface area contributed by atoms with Gasteiger partial charge in [-0.2, -0.15) is 4.98 Å². The number of hydrogen-bond donors (Lipinski definition) is 2. The normalized spacial score (nSPS) is 14.7. The van der Waals surface area contributed by atoms with E-state index in [0.29, 0.717) is 31.1 Å². The van der Waals surface area contributed by atoms with Crippen LogP contribution in [-0.2, 0) is 11.3 Å². The third-order valence-electron chi connectivity index (χ3n) is 5.26. The Kier molecular flexibility index (Phi) is 5.86. The van der Waals surface area contributed by atoms with E-state index in [9.17, 15) is 9.59 Å². The van der Waals surface area contributed by atoms with E-state index in [2.05, 4.69) is 19.9 Å². The lowest BCUT2D eigenvalue weighted by Crippen LogP contribution is -2.36. The lowest BCUT2D eigenvalue weighted by molar-refractivity contribution is 0.122. The number of aromatic amines is 1. The minimum absolute atomic E-state index is 0.173. The summed E-state index contributed by atoms with van der Waals surface area (Å²) in [6.45, 7) is 3.81. The molecule has 9 heteroatoms. The molecule has 154 valence electrons. The van der Waals surface area contributed by atoms with Gasteiger partial charge < -0.3 is 19.3 Å². The predicted octanol–water partition coefficient (Wildman–Crippen LogP) is 0.974. The summed E-state index contributed by atoms with van der Waals surface area (Å²) in [6, 6.07) is 5.96. The van der Waals surface area contributed by atoms with Gasteiger partial charge >= 0.3 is 5.69 Å². The minimum atomic E-state index is -0.665. The van der Waals surface area contributed by atoms with Crippen LogP contribution in [0.4, 0.5) is 5.69 Å². The highest BCUT2D eigenvalue weighted by molar-refractivity contribution is 5.83. The number of morpholine rings is 1. The molecule has 0 amide bonds. The largest absolute Gasteiger partial charge is 0.396 e. The van der Waals surface area contributed by atoms with Crippen molar-refractivity contribution in [3.8, 4) is 11.5 Å². The molecule has 4 rings (SSSR count). The van der Waals surface area contributed by atoms with Crippen LogP contribution in [0.3, 0.4) is 0 Å². The van der Waals surface area contributed by atoms with Crippen LogP contribution in [0.15, 0.2) is 27.8 Å². The molecule has 3 aliphatic heterocycles. The molecule has 1 saturated heterocycles. The molecule has 1 aromatic rings. The number of fused-ring (bicyclic) bond motifs is 2. The average molecular weight is 399 g/mol. The molecule has 2 N–H and O–H groups in total. The highest BCUT2D eigenvalue weighted by atomic mass is 16.5. The zero-order chi connectivity index (χ0) is 20.2. The zero-order valence-electron chi connectivity index (χ0n) is 16.3. The number of aliphatic hydroxyl groups excluding tert-OH is 1. The van der Waals surface area contributed by atoms with E-state index in [0.717, 1.165) is 50.0 Å². The van der Waals surface area contributed by atoms with Gasteiger partial charge in [0.25, 0.3) is 5.56 Å². The van der Waals surface area contributed by atoms with Gasteiger partial charge in [0, 0.05) is 31.9 Å². The summed E-state index contributed by atoms with van der Waals surface area (Å²) in [5.41, 5.74) is 1.59. The molecule has 0 aromatic heterocycles. The van der Waals surface area contributed by atoms with Crippen molar-refractivity contribution in [2.24, 2.45) is 0 Å². The molecule has 9 nitrogen and oxygen atoms in total. The topological polar surface area (TPSA) is 113 Å². The molecule has 0 aliphatic carbocycles. The Hall–Kier alpha value is -2.78. The number of aromatic nitrogens is 4. The first-order chi connectivity index (χ1) is 14.2. The molecule has 0 saturated carbocycles. The van der Waals surface area contributed by atoms with Crippen molar-refractivity contribution >= 4 is 16.7 Å². The number of hydrogen-bond acceptors (Lipinski definition) is 7. The van der Waals surface area contributed by atoms with E-state index in [1.807, 2.05) is 22.8 Å². The van der Waals surface area contributed by atoms with Crippen LogP contribution < -0.4 is 16.1 Å². The van der Waals surface area contributed by atoms with Crippen molar-refractivity contribution in [1.29, 1.82) is 0 Å². The molecule has 1 aromatic carbocycles. The Labute approximate surface area is 167 Å². The van der Waals surface area contributed by atoms with Crippen molar-refractivity contribution in [3.63, 3.8) is 0 Å². The Balaban J connectivity index is 1.80. The number of rotatable bonds is 7. The predicted molar refractivity (Wildman–Crippen MR) is 110 cm³/mol. The molecule has 0 bridgehead atoms. The molecule has 3 heterocycles. The fraction of sp³-hybridized carbons (Fsp3) is 0.500. The number of aryl methyl sites for hydroxylation is 1. The van der Waals surface area contributed by atoms with Gasteiger partial charge in [-0.1, -0.05) is 12.8 Å². The number of benzene rings is 1. The number of H-pyrrole nitrogens is 1. The maximum Gasteiger partial charge on any atom is 0.349 e. The van der Waals surface area contributed by atoms with Crippen LogP contribution >= 0.6 is 0 Å². The Bertz CT molecular complexity index is 1070. The van der Waals surface area contributed by atoms with E-state index in [1.165, 1.54) is 0 Å². The smallest absolute Gasteiger partial charge is 0.349 e. The average Bonchev–Trinajstić information content (AvgIpc) is 2.74. The van der Waals surface area contributed by atoms with Crippen molar-refractivity contribution in [1.82, 2.24) is 19.5 Å². The minimum Gasteiger partial charge on any atom is -0.396 e. The molecule has 29 heavy (non-hydrogen) atoms. The van der Waals surface area contributed by atoms with Crippen LogP contribution in [0, 0.1) is 0 Å². The number of nitrogens with one attached hydrogen (secondary N) is 1. The highest BCUT2D eigenvalue weighted by Gasteiger charge is 2.20. The summed E-state index contributed by atoms with van der Waals surface area (Å²) in [7, 11) is 0. The van der Waals surface area contributed by atoms with Gasteiger partial charge in [-0.3, -0.25) is 9.78 Å². The molecular weight excluding hydrogens is 374 g/mol. The SMILES string of the molecule is O=c1nc2n(CCCCCCO)c3cc(N4CCOCC4)ccc3nc-2c(=O)[nH]1. The van der Waals surface area contributed by atoms with E-state index in [4.69, 9.17) is 9.84 Å². The quantitative estimate of drug-likeness (QED) is 0.450. The molecule has 0 spiro atoms. The standard InChI is InChI=1S/C20H25N5O4/c26-10-4-2-1-3-7-25-16-13-14(24-8-11-29-12-9-24)5-6-15(16)21-17-18(25)22-20(28)23-19(17)27/h5-6,13,26H,1-4,7-12H2,(H,23,27,28). The maximum absolute atomic E-state index is 12.3. The highest BCUT2D eigenvalue weighted by Crippen LogP contribution is 2.26. The molecule has 0 radical (unpaired) electrons. The molecule has 3 aliphatic rings. The number of nitrogens with zero attached hydrogens (tertiary/aromatic N) is 4. The van der Waals surface area contributed by atoms with Gasteiger partial charge in [0.2, 0.25) is 0 Å². The van der Waals surface area contributed by atoms with Crippen molar-refractivity contribution in [2.45, 2.75) is 32.2 Å². The molecule has 0 atom stereocenters. The third-order valence-corrected chi connectivity index (χ3v) is 5.26. The van der Waals surface area contributed by atoms with E-state index >= 15 is 0 Å². The van der Waals surface area contributed by atoms with Gasteiger partial charge in [-0.25, -0.2) is 9.78 Å². The monoisotopic (exact) mass is 399 g/mol. The number of aliphatic hydroxyl groups is 1. The first-order valence-corrected chi connectivity index (χ1v) is 10.1. The van der Waals surface area contributed by atoms with E-state index in [1.54, 1.807) is 0 Å². The van der Waals surface area contributed by atoms with Crippen LogP contribution in [-0.4, -0.2) is 57.5 Å². The second-order valence-electron chi connectivity index (χ2n) is 7.22. The van der Waals surface area contributed by atoms with Gasteiger partial charge in [0.1, 0.15) is 0 Å². The lowest BCUT2D eigenvalue weighted by Gasteiger charge is -2.29. The Morgan fingerprint density at radius 1 is 1.07 bits per heavy atom. The van der Waals surface area contributed by atoms with Crippen LogP contribution in [0.1, 0.15) is 25.7 Å². The first kappa shape index (κ1) is 19.5. The van der Waals surface area contributed by atoms with Crippen LogP contribution in [0.25, 0.3) is 22.6 Å². The summed E-state index contributed by atoms with van der Waals surface area (Å²) in [5, 5.41) is 8.97. The third kappa shape index (κ3) is 4.15. The summed E-state index contributed by atoms with van der Waals surface area (Å²) >= 11 is 0. The van der Waals surface area contributed by atoms with E-state index < -0.39 is 11.2 Å². The summed E-state index contributed by atoms with van der Waals surface area (Å²) in [5.74, 6) is 0.313. The second kappa shape index (κ2) is 8.71. The van der Waals surface area contributed by atoms with E-state index in [-0.39, 0.29) is 12.3 Å². The van der Waals surface area contributed by atoms with Gasteiger partial charge in [0.15, 0.2) is 11.5 Å². The lowest BCUT2D eigenvalue weighted by atomic mass is 10.1. The van der Waals surface area contributed by atoms with Crippen LogP contribution in [0.5, 0.6) is 0 Å². The van der Waals surface area contributed by atoms with Gasteiger partial charge in [-0.05, 0) is 31.0 Å². The summed E-state index contributed by atoms with van der Waals surface area (Å²) in [4.78, 5) is 37.2. The van der Waals surface area contributed by atoms with Crippen molar-refractivity contribution in [2.75, 3.05) is 37.8 Å². The summed E-state index contributed by atoms with van der Waals surface area (Å²) in [6.07, 6.45) is 3.49. The fourth-order valence-corrected chi connectivity index (χ4v) is 3.76. The zero-order valence-corrected chi connectivity index (χ0v) is 16.3. The van der Waals surface area contributed by atoms with Crippen molar-refractivity contribution in [3.05, 3.63) is 39.0 Å². The molecule has 1 fully saturated rings. The van der Waals surface area contributed by atoms with Gasteiger partial charge in [0.05, 0.1) is 24.2 Å². The Morgan fingerprint density at radius 3 is 2.66 bits per heavy atom. The summed E-state index contributed by atoms with van der Waals surface area (Å²) < 4.78 is 7.37. The first-order valence-electron chi connectivity index (χ1n) is 10.1. The number of anilines is 1. The second-order valence-corrected chi connectivity index (χ2v) is 7.22. The number of unbranched alkanes of at least 4 members (excludes halogenated alkanes) is 3. The van der Waals surface area contributed by atoms with Gasteiger partial charge in [-0.15, -0.1) is 0 Å².